The number of carboxylic acids is 1. The third-order valence-corrected chi connectivity index (χ3v) is 11.7. The van der Waals surface area contributed by atoms with Crippen LogP contribution in [0.4, 0.5) is 13.2 Å². The lowest BCUT2D eigenvalue weighted by atomic mass is 9.98. The molecule has 1 fully saturated rings. The molecule has 0 bridgehead atoms. The predicted octanol–water partition coefficient (Wildman–Crippen LogP) is 7.82. The maximum atomic E-state index is 14.4. The van der Waals surface area contributed by atoms with E-state index in [0.717, 1.165) is 30.4 Å². The summed E-state index contributed by atoms with van der Waals surface area (Å²) in [7, 11) is -3.17. The Morgan fingerprint density at radius 2 is 1.35 bits per heavy atom. The number of carbonyl (C=O) groups is 3. The molecule has 5 aromatic carbocycles. The van der Waals surface area contributed by atoms with Gasteiger partial charge in [-0.15, -0.1) is 0 Å². The first-order valence-electron chi connectivity index (χ1n) is 17.4. The van der Waals surface area contributed by atoms with Crippen LogP contribution in [0.25, 0.3) is 22.3 Å². The van der Waals surface area contributed by atoms with Crippen LogP contribution in [0.5, 0.6) is 0 Å². The molecule has 0 radical (unpaired) electrons. The van der Waals surface area contributed by atoms with Gasteiger partial charge in [0.05, 0.1) is 23.1 Å². The Labute approximate surface area is 316 Å². The molecule has 1 aliphatic heterocycles. The van der Waals surface area contributed by atoms with Crippen molar-refractivity contribution in [3.8, 4) is 22.3 Å². The Balaban J connectivity index is 1.33. The van der Waals surface area contributed by atoms with Crippen molar-refractivity contribution >= 4 is 27.9 Å². The van der Waals surface area contributed by atoms with E-state index in [0.29, 0.717) is 29.5 Å². The number of nitrogens with zero attached hydrogens (tertiary/aromatic N) is 2. The Hall–Kier alpha value is -5.79. The van der Waals surface area contributed by atoms with Crippen molar-refractivity contribution in [1.82, 2.24) is 9.21 Å². The molecule has 0 aromatic heterocycles. The van der Waals surface area contributed by atoms with Crippen LogP contribution < -0.4 is 0 Å². The summed E-state index contributed by atoms with van der Waals surface area (Å²) < 4.78 is 73.7. The molecule has 13 heteroatoms. The summed E-state index contributed by atoms with van der Waals surface area (Å²) in [5.74, 6) is -2.81. The summed E-state index contributed by atoms with van der Waals surface area (Å²) in [6.07, 6.45) is -3.85. The smallest absolute Gasteiger partial charge is 0.416 e. The molecule has 0 spiro atoms. The topological polar surface area (TPSA) is 121 Å². The van der Waals surface area contributed by atoms with Crippen LogP contribution in [-0.4, -0.2) is 72.9 Å². The third kappa shape index (κ3) is 8.63. The van der Waals surface area contributed by atoms with E-state index in [9.17, 15) is 41.1 Å². The summed E-state index contributed by atoms with van der Waals surface area (Å²) in [6.45, 7) is -0.205. The number of esters is 1. The maximum Gasteiger partial charge on any atom is 0.416 e. The van der Waals surface area contributed by atoms with Crippen molar-refractivity contribution in [2.45, 2.75) is 42.4 Å². The van der Waals surface area contributed by atoms with Crippen molar-refractivity contribution < 1.29 is 45.8 Å². The molecule has 1 heterocycles. The van der Waals surface area contributed by atoms with Crippen molar-refractivity contribution in [3.63, 3.8) is 0 Å². The van der Waals surface area contributed by atoms with Crippen LogP contribution in [0.1, 0.15) is 44.7 Å². The zero-order valence-electron chi connectivity index (χ0n) is 29.6. The first-order valence-corrected chi connectivity index (χ1v) is 18.9. The van der Waals surface area contributed by atoms with Gasteiger partial charge in [-0.3, -0.25) is 4.79 Å². The van der Waals surface area contributed by atoms with Gasteiger partial charge in [-0.25, -0.2) is 18.0 Å². The number of amides is 1. The van der Waals surface area contributed by atoms with Crippen molar-refractivity contribution in [1.29, 1.82) is 0 Å². The molecule has 1 saturated heterocycles. The molecule has 1 N–H and O–H groups in total. The lowest BCUT2D eigenvalue weighted by Gasteiger charge is -2.34. The van der Waals surface area contributed by atoms with Crippen LogP contribution in [0.3, 0.4) is 0 Å². The molecule has 284 valence electrons. The van der Waals surface area contributed by atoms with Gasteiger partial charge in [0.1, 0.15) is 6.04 Å². The molecule has 6 rings (SSSR count). The molecule has 1 amide bonds. The van der Waals surface area contributed by atoms with Gasteiger partial charge in [0.25, 0.3) is 5.91 Å². The van der Waals surface area contributed by atoms with Crippen molar-refractivity contribution in [3.05, 3.63) is 150 Å². The second-order valence-electron chi connectivity index (χ2n) is 13.1. The highest BCUT2D eigenvalue weighted by Gasteiger charge is 2.41. The van der Waals surface area contributed by atoms with Crippen LogP contribution >= 0.6 is 0 Å². The summed E-state index contributed by atoms with van der Waals surface area (Å²) >= 11 is 0. The quantitative estimate of drug-likeness (QED) is 0.129. The fraction of sp³-hybridized carbons (Fsp3) is 0.214. The molecular weight excluding hydrogens is 734 g/mol. The van der Waals surface area contributed by atoms with Gasteiger partial charge in [0.15, 0.2) is 0 Å². The molecule has 1 unspecified atom stereocenters. The minimum absolute atomic E-state index is 0.0745. The van der Waals surface area contributed by atoms with Gasteiger partial charge >= 0.3 is 18.1 Å². The number of hydrogen-bond acceptors (Lipinski definition) is 6. The summed E-state index contributed by atoms with van der Waals surface area (Å²) in [5.41, 5.74) is 2.67. The monoisotopic (exact) mass is 770 g/mol. The largest absolute Gasteiger partial charge is 0.480 e. The Bertz CT molecular complexity index is 2260. The van der Waals surface area contributed by atoms with Gasteiger partial charge in [-0.2, -0.15) is 17.5 Å². The first kappa shape index (κ1) is 38.9. The average Bonchev–Trinajstić information content (AvgIpc) is 3.68. The molecule has 0 aliphatic carbocycles. The van der Waals surface area contributed by atoms with Crippen LogP contribution in [-0.2, 0) is 32.2 Å². The van der Waals surface area contributed by atoms with E-state index in [2.05, 4.69) is 0 Å². The average molecular weight is 771 g/mol. The molecular formula is C42H37F3N2O7S. The van der Waals surface area contributed by atoms with Crippen molar-refractivity contribution in [2.24, 2.45) is 0 Å². The van der Waals surface area contributed by atoms with E-state index >= 15 is 0 Å². The number of benzene rings is 5. The lowest BCUT2D eigenvalue weighted by molar-refractivity contribution is -0.142. The second kappa shape index (κ2) is 16.3. The zero-order valence-corrected chi connectivity index (χ0v) is 30.5. The normalized spacial score (nSPS) is 15.3. The summed E-state index contributed by atoms with van der Waals surface area (Å²) in [4.78, 5) is 41.0. The maximum absolute atomic E-state index is 14.4. The van der Waals surface area contributed by atoms with E-state index in [1.54, 1.807) is 24.3 Å². The van der Waals surface area contributed by atoms with Crippen molar-refractivity contribution in [2.75, 3.05) is 20.2 Å². The van der Waals surface area contributed by atoms with Gasteiger partial charge < -0.3 is 14.7 Å². The van der Waals surface area contributed by atoms with Gasteiger partial charge in [0.2, 0.25) is 10.0 Å². The summed E-state index contributed by atoms with van der Waals surface area (Å²) in [6, 6.07) is 30.9. The number of aliphatic carboxylic acids is 1. The number of rotatable bonds is 12. The highest BCUT2D eigenvalue weighted by Crippen LogP contribution is 2.33. The van der Waals surface area contributed by atoms with E-state index < -0.39 is 51.7 Å². The molecule has 5 aromatic rings. The van der Waals surface area contributed by atoms with Gasteiger partial charge in [0, 0.05) is 31.1 Å². The van der Waals surface area contributed by atoms with E-state index in [1.165, 1.54) is 57.7 Å². The molecule has 0 saturated carbocycles. The number of alkyl halides is 3. The number of sulfonamides is 1. The minimum Gasteiger partial charge on any atom is -0.480 e. The van der Waals surface area contributed by atoms with Gasteiger partial charge in [-0.05, 0) is 77.1 Å². The fourth-order valence-corrected chi connectivity index (χ4v) is 8.69. The van der Waals surface area contributed by atoms with Crippen LogP contribution in [0.2, 0.25) is 0 Å². The Morgan fingerprint density at radius 3 is 1.93 bits per heavy atom. The minimum atomic E-state index is -4.50. The zero-order chi connectivity index (χ0) is 39.3. The Morgan fingerprint density at radius 1 is 0.800 bits per heavy atom. The molecule has 9 nitrogen and oxygen atoms in total. The number of carbonyl (C=O) groups excluding carboxylic acids is 2. The van der Waals surface area contributed by atoms with E-state index in [4.69, 9.17) is 4.74 Å². The number of halogens is 3. The standard InChI is InChI=1S/C42H37F3N2O7S/c1-54-41(51)36-11-5-6-12-38(36)55(52,53)47-25-7-10-35(47)27-46(37(40(49)50)26-28-13-15-30(16-14-28)29-8-3-2-4-9-29)39(48)33-19-17-31(18-20-33)32-21-23-34(24-22-32)42(43,44)45/h2-6,8-9,11-24,35,37H,7,10,25-27H2,1H3,(H,49,50)/t35-,37?/m0/s1. The Kier molecular flexibility index (Phi) is 11.5. The van der Waals surface area contributed by atoms with Crippen LogP contribution in [0.15, 0.2) is 132 Å². The van der Waals surface area contributed by atoms with E-state index in [1.807, 2.05) is 42.5 Å². The summed E-state index contributed by atoms with van der Waals surface area (Å²) in [5, 5.41) is 10.7. The number of hydrogen-bond donors (Lipinski definition) is 1. The van der Waals surface area contributed by atoms with E-state index in [-0.39, 0.29) is 35.5 Å². The third-order valence-electron chi connectivity index (χ3n) is 9.70. The molecule has 55 heavy (non-hydrogen) atoms. The van der Waals surface area contributed by atoms with Gasteiger partial charge in [-0.1, -0.05) is 91.0 Å². The molecule has 1 aliphatic rings. The van der Waals surface area contributed by atoms with Crippen LogP contribution in [0, 0.1) is 0 Å². The molecule has 2 atom stereocenters. The highest BCUT2D eigenvalue weighted by molar-refractivity contribution is 7.89. The lowest BCUT2D eigenvalue weighted by Crippen LogP contribution is -2.52. The highest BCUT2D eigenvalue weighted by atomic mass is 32.2. The number of ether oxygens (including phenoxy) is 1. The first-order chi connectivity index (χ1) is 26.3. The second-order valence-corrected chi connectivity index (χ2v) is 15.0. The number of methoxy groups -OCH3 is 1. The number of carboxylic acid groups (broad SMARTS) is 1. The predicted molar refractivity (Wildman–Crippen MR) is 200 cm³/mol. The fourth-order valence-electron chi connectivity index (χ4n) is 6.82. The SMILES string of the molecule is COC(=O)c1ccccc1S(=O)(=O)N1CCC[C@H]1CN(C(=O)c1ccc(-c2ccc(C(F)(F)F)cc2)cc1)C(Cc1ccc(-c2ccccc2)cc1)C(=O)O.